The number of ether oxygens (including phenoxy) is 1. The van der Waals surface area contributed by atoms with Gasteiger partial charge in [0.25, 0.3) is 0 Å². The minimum atomic E-state index is 0.209. The molecule has 1 aromatic carbocycles. The van der Waals surface area contributed by atoms with E-state index >= 15 is 0 Å². The van der Waals surface area contributed by atoms with Crippen LogP contribution in [0, 0.1) is 0 Å². The monoisotopic (exact) mass is 365 g/mol. The summed E-state index contributed by atoms with van der Waals surface area (Å²) in [5.41, 5.74) is 3.33. The number of benzene rings is 1. The number of anilines is 1. The van der Waals surface area contributed by atoms with Gasteiger partial charge in [-0.2, -0.15) is 0 Å². The van der Waals surface area contributed by atoms with Crippen LogP contribution in [-0.4, -0.2) is 47.6 Å². The van der Waals surface area contributed by atoms with E-state index < -0.39 is 0 Å². The lowest BCUT2D eigenvalue weighted by molar-refractivity contribution is -0.120. The van der Waals surface area contributed by atoms with Gasteiger partial charge in [-0.1, -0.05) is 24.3 Å². The highest BCUT2D eigenvalue weighted by Gasteiger charge is 2.32. The molecule has 2 aliphatic rings. The number of aromatic nitrogens is 1. The summed E-state index contributed by atoms with van der Waals surface area (Å²) in [6.07, 6.45) is 4.93. The smallest absolute Gasteiger partial charge is 0.241 e. The standard InChI is InChI=1S/C22H27N3O2/c1-17-14-18-6-2-3-8-21(18)25(17)22(26)15-24-12-9-20(10-13-24)27-16-19-7-4-5-11-23-19/h2-8,11,17,20H,9-10,12-16H2,1H3. The van der Waals surface area contributed by atoms with E-state index in [2.05, 4.69) is 35.0 Å². The topological polar surface area (TPSA) is 45.7 Å². The van der Waals surface area contributed by atoms with E-state index in [1.807, 2.05) is 29.2 Å². The van der Waals surface area contributed by atoms with Crippen molar-refractivity contribution in [2.75, 3.05) is 24.5 Å². The molecule has 27 heavy (non-hydrogen) atoms. The van der Waals surface area contributed by atoms with Gasteiger partial charge in [-0.25, -0.2) is 0 Å². The van der Waals surface area contributed by atoms with E-state index in [1.165, 1.54) is 5.56 Å². The summed E-state index contributed by atoms with van der Waals surface area (Å²) in [7, 11) is 0. The summed E-state index contributed by atoms with van der Waals surface area (Å²) in [6.45, 7) is 5.00. The van der Waals surface area contributed by atoms with Crippen LogP contribution in [0.15, 0.2) is 48.7 Å². The van der Waals surface area contributed by atoms with Crippen molar-refractivity contribution in [3.05, 3.63) is 59.9 Å². The van der Waals surface area contributed by atoms with E-state index in [4.69, 9.17) is 4.74 Å². The molecule has 5 heteroatoms. The van der Waals surface area contributed by atoms with Crippen LogP contribution >= 0.6 is 0 Å². The molecule has 1 amide bonds. The van der Waals surface area contributed by atoms with E-state index in [0.717, 1.165) is 43.7 Å². The zero-order valence-corrected chi connectivity index (χ0v) is 15.9. The van der Waals surface area contributed by atoms with Crippen molar-refractivity contribution in [1.82, 2.24) is 9.88 Å². The molecule has 0 aliphatic carbocycles. The third-order valence-electron chi connectivity index (χ3n) is 5.56. The Kier molecular flexibility index (Phi) is 5.50. The predicted octanol–water partition coefficient (Wildman–Crippen LogP) is 3.04. The van der Waals surface area contributed by atoms with Crippen molar-refractivity contribution in [1.29, 1.82) is 0 Å². The summed E-state index contributed by atoms with van der Waals surface area (Å²) >= 11 is 0. The highest BCUT2D eigenvalue weighted by molar-refractivity contribution is 5.97. The first-order valence-electron chi connectivity index (χ1n) is 9.84. The molecule has 0 bridgehead atoms. The fourth-order valence-corrected chi connectivity index (χ4v) is 4.13. The Balaban J connectivity index is 1.26. The number of nitrogens with zero attached hydrogens (tertiary/aromatic N) is 3. The van der Waals surface area contributed by atoms with Gasteiger partial charge in [0.15, 0.2) is 0 Å². The number of para-hydroxylation sites is 1. The van der Waals surface area contributed by atoms with Crippen molar-refractivity contribution >= 4 is 11.6 Å². The van der Waals surface area contributed by atoms with Gasteiger partial charge < -0.3 is 9.64 Å². The van der Waals surface area contributed by atoms with Crippen LogP contribution in [0.25, 0.3) is 0 Å². The Morgan fingerprint density at radius 3 is 2.70 bits per heavy atom. The van der Waals surface area contributed by atoms with Gasteiger partial charge in [-0.3, -0.25) is 14.7 Å². The van der Waals surface area contributed by atoms with Crippen LogP contribution in [0.3, 0.4) is 0 Å². The average Bonchev–Trinajstić information content (AvgIpc) is 3.04. The normalized spacial score (nSPS) is 20.6. The number of pyridine rings is 1. The first-order valence-corrected chi connectivity index (χ1v) is 9.84. The predicted molar refractivity (Wildman–Crippen MR) is 106 cm³/mol. The molecule has 142 valence electrons. The SMILES string of the molecule is CC1Cc2ccccc2N1C(=O)CN1CCC(OCc2ccccn2)CC1. The summed E-state index contributed by atoms with van der Waals surface area (Å²) in [6, 6.07) is 14.4. The summed E-state index contributed by atoms with van der Waals surface area (Å²) < 4.78 is 6.00. The third kappa shape index (κ3) is 4.20. The molecule has 2 aromatic rings. The maximum Gasteiger partial charge on any atom is 0.241 e. The number of piperidine rings is 1. The Morgan fingerprint density at radius 2 is 1.93 bits per heavy atom. The van der Waals surface area contributed by atoms with Crippen LogP contribution in [0.5, 0.6) is 0 Å². The van der Waals surface area contributed by atoms with E-state index in [-0.39, 0.29) is 18.1 Å². The van der Waals surface area contributed by atoms with Crippen LogP contribution in [0.4, 0.5) is 5.69 Å². The zero-order chi connectivity index (χ0) is 18.6. The van der Waals surface area contributed by atoms with Gasteiger partial charge in [0.2, 0.25) is 5.91 Å². The number of fused-ring (bicyclic) bond motifs is 1. The Labute approximate surface area is 161 Å². The van der Waals surface area contributed by atoms with Crippen molar-refractivity contribution < 1.29 is 9.53 Å². The lowest BCUT2D eigenvalue weighted by Gasteiger charge is -2.33. The molecule has 1 fully saturated rings. The number of carbonyl (C=O) groups is 1. The van der Waals surface area contributed by atoms with Crippen LogP contribution in [0.1, 0.15) is 31.0 Å². The Morgan fingerprint density at radius 1 is 1.15 bits per heavy atom. The molecule has 1 aromatic heterocycles. The lowest BCUT2D eigenvalue weighted by atomic mass is 10.1. The first kappa shape index (κ1) is 18.1. The minimum Gasteiger partial charge on any atom is -0.372 e. The molecule has 3 heterocycles. The number of amides is 1. The van der Waals surface area contributed by atoms with Gasteiger partial charge in [-0.15, -0.1) is 0 Å². The molecule has 4 rings (SSSR count). The largest absolute Gasteiger partial charge is 0.372 e. The van der Waals surface area contributed by atoms with Crippen molar-refractivity contribution in [2.24, 2.45) is 0 Å². The van der Waals surface area contributed by atoms with Gasteiger partial charge >= 0.3 is 0 Å². The number of hydrogen-bond donors (Lipinski definition) is 0. The van der Waals surface area contributed by atoms with E-state index in [9.17, 15) is 4.79 Å². The summed E-state index contributed by atoms with van der Waals surface area (Å²) in [5.74, 6) is 0.209. The number of carbonyl (C=O) groups excluding carboxylic acids is 1. The number of hydrogen-bond acceptors (Lipinski definition) is 4. The molecule has 1 saturated heterocycles. The minimum absolute atomic E-state index is 0.209. The van der Waals surface area contributed by atoms with Crippen LogP contribution in [0.2, 0.25) is 0 Å². The molecule has 0 radical (unpaired) electrons. The van der Waals surface area contributed by atoms with E-state index in [0.29, 0.717) is 13.2 Å². The average molecular weight is 365 g/mol. The quantitative estimate of drug-likeness (QED) is 0.817. The fraction of sp³-hybridized carbons (Fsp3) is 0.455. The molecule has 2 aliphatic heterocycles. The molecule has 0 spiro atoms. The Bertz CT molecular complexity index is 772. The molecule has 1 unspecified atom stereocenters. The maximum atomic E-state index is 12.9. The van der Waals surface area contributed by atoms with Gasteiger partial charge in [0.05, 0.1) is 24.9 Å². The van der Waals surface area contributed by atoms with Crippen LogP contribution < -0.4 is 4.90 Å². The Hall–Kier alpha value is -2.24. The maximum absolute atomic E-state index is 12.9. The third-order valence-corrected chi connectivity index (χ3v) is 5.56. The summed E-state index contributed by atoms with van der Waals surface area (Å²) in [4.78, 5) is 21.5. The molecular weight excluding hydrogens is 338 g/mol. The number of likely N-dealkylation sites (tertiary alicyclic amines) is 1. The molecule has 0 saturated carbocycles. The molecular formula is C22H27N3O2. The lowest BCUT2D eigenvalue weighted by Crippen LogP contribution is -2.46. The van der Waals surface area contributed by atoms with E-state index in [1.54, 1.807) is 6.20 Å². The second-order valence-electron chi connectivity index (χ2n) is 7.55. The highest BCUT2D eigenvalue weighted by Crippen LogP contribution is 2.32. The van der Waals surface area contributed by atoms with Crippen molar-refractivity contribution in [3.8, 4) is 0 Å². The van der Waals surface area contributed by atoms with Crippen molar-refractivity contribution in [3.63, 3.8) is 0 Å². The summed E-state index contributed by atoms with van der Waals surface area (Å²) in [5, 5.41) is 0. The second kappa shape index (κ2) is 8.19. The van der Waals surface area contributed by atoms with Crippen molar-refractivity contribution in [2.45, 2.75) is 44.9 Å². The molecule has 5 nitrogen and oxygen atoms in total. The molecule has 1 atom stereocenters. The number of rotatable bonds is 5. The van der Waals surface area contributed by atoms with Gasteiger partial charge in [-0.05, 0) is 49.9 Å². The molecule has 0 N–H and O–H groups in total. The second-order valence-corrected chi connectivity index (χ2v) is 7.55. The zero-order valence-electron chi connectivity index (χ0n) is 15.9. The van der Waals surface area contributed by atoms with Crippen LogP contribution in [-0.2, 0) is 22.6 Å². The highest BCUT2D eigenvalue weighted by atomic mass is 16.5. The van der Waals surface area contributed by atoms with Gasteiger partial charge in [0.1, 0.15) is 0 Å². The fourth-order valence-electron chi connectivity index (χ4n) is 4.13. The first-order chi connectivity index (χ1) is 13.2. The van der Waals surface area contributed by atoms with Gasteiger partial charge in [0, 0.05) is 31.0 Å².